The number of hydrogen-bond donors (Lipinski definition) is 0. The molecule has 4 aromatic heterocycles. The van der Waals surface area contributed by atoms with Gasteiger partial charge in [-0.3, -0.25) is 0 Å². The van der Waals surface area contributed by atoms with Crippen molar-refractivity contribution in [1.82, 2.24) is 15.0 Å². The molecule has 6 heteroatoms. The largest absolute Gasteiger partial charge is 0.498 e. The van der Waals surface area contributed by atoms with Crippen LogP contribution in [0, 0.1) is 31.3 Å². The van der Waals surface area contributed by atoms with Gasteiger partial charge in [-0.1, -0.05) is 61.5 Å². The Morgan fingerprint density at radius 3 is 2.52 bits per heavy atom. The van der Waals surface area contributed by atoms with Crippen LogP contribution >= 0.6 is 11.3 Å². The van der Waals surface area contributed by atoms with E-state index in [9.17, 15) is 0 Å². The van der Waals surface area contributed by atoms with E-state index in [1.807, 2.05) is 64.1 Å². The van der Waals surface area contributed by atoms with Crippen LogP contribution in [0.5, 0.6) is 0 Å². The molecular formula is C36H31IrN3OS-2. The maximum atomic E-state index is 8.62. The molecule has 0 spiro atoms. The van der Waals surface area contributed by atoms with Gasteiger partial charge in [0.1, 0.15) is 11.1 Å². The summed E-state index contributed by atoms with van der Waals surface area (Å²) in [5.74, 6) is 0. The van der Waals surface area contributed by atoms with Crippen LogP contribution in [0.1, 0.15) is 43.8 Å². The van der Waals surface area contributed by atoms with Crippen LogP contribution in [0.2, 0.25) is 0 Å². The van der Waals surface area contributed by atoms with E-state index in [1.54, 1.807) is 41.8 Å². The summed E-state index contributed by atoms with van der Waals surface area (Å²) in [4.78, 5) is 13.3. The Bertz CT molecular complexity index is 2170. The van der Waals surface area contributed by atoms with E-state index in [0.29, 0.717) is 16.8 Å². The average Bonchev–Trinajstić information content (AvgIpc) is 3.61. The average molecular weight is 751 g/mol. The zero-order valence-electron chi connectivity index (χ0n) is 28.6. The van der Waals surface area contributed by atoms with E-state index in [0.717, 1.165) is 48.4 Å². The summed E-state index contributed by atoms with van der Waals surface area (Å²) in [5.41, 5.74) is 5.63. The first-order valence-electron chi connectivity index (χ1n) is 15.8. The topological polar surface area (TPSA) is 51.8 Å². The van der Waals surface area contributed by atoms with Gasteiger partial charge in [-0.2, -0.15) is 0 Å². The number of hydrogen-bond acceptors (Lipinski definition) is 5. The molecule has 0 atom stereocenters. The number of fused-ring (bicyclic) bond motifs is 5. The van der Waals surface area contributed by atoms with E-state index in [4.69, 9.17) is 11.3 Å². The quantitative estimate of drug-likeness (QED) is 0.169. The first-order valence-corrected chi connectivity index (χ1v) is 14.1. The predicted octanol–water partition coefficient (Wildman–Crippen LogP) is 9.81. The molecule has 4 heterocycles. The molecule has 213 valence electrons. The molecule has 0 unspecified atom stereocenters. The summed E-state index contributed by atoms with van der Waals surface area (Å²) in [7, 11) is 0. The Labute approximate surface area is 271 Å². The molecule has 0 N–H and O–H groups in total. The number of nitrogens with zero attached hydrogens (tertiary/aromatic N) is 3. The molecule has 0 aliphatic heterocycles. The molecule has 3 aromatic carbocycles. The van der Waals surface area contributed by atoms with Crippen molar-refractivity contribution in [3.8, 4) is 22.5 Å². The van der Waals surface area contributed by atoms with E-state index >= 15 is 0 Å². The maximum Gasteiger partial charge on any atom is 0.148 e. The summed E-state index contributed by atoms with van der Waals surface area (Å²) in [6.45, 7) is 5.61. The van der Waals surface area contributed by atoms with Crippen LogP contribution in [0.4, 0.5) is 0 Å². The molecule has 0 aliphatic rings. The minimum atomic E-state index is -2.09. The van der Waals surface area contributed by atoms with Crippen LogP contribution in [0.3, 0.4) is 0 Å². The van der Waals surface area contributed by atoms with E-state index in [2.05, 4.69) is 39.2 Å². The second-order valence-corrected chi connectivity index (χ2v) is 12.0. The third-order valence-electron chi connectivity index (χ3n) is 6.35. The number of pyridine rings is 2. The van der Waals surface area contributed by atoms with Gasteiger partial charge >= 0.3 is 0 Å². The van der Waals surface area contributed by atoms with Crippen LogP contribution < -0.4 is 0 Å². The fraction of sp³-hybridized carbons (Fsp3) is 0.194. The second-order valence-electron chi connectivity index (χ2n) is 10.7. The molecule has 0 aliphatic carbocycles. The van der Waals surface area contributed by atoms with Crippen molar-refractivity contribution in [3.05, 3.63) is 113 Å². The molecule has 4 nitrogen and oxygen atoms in total. The van der Waals surface area contributed by atoms with Crippen molar-refractivity contribution in [2.24, 2.45) is 5.41 Å². The van der Waals surface area contributed by atoms with Crippen LogP contribution in [0.25, 0.3) is 54.7 Å². The van der Waals surface area contributed by atoms with Gasteiger partial charge in [-0.05, 0) is 54.6 Å². The summed E-state index contributed by atoms with van der Waals surface area (Å²) in [5, 5.41) is 3.00. The van der Waals surface area contributed by atoms with Gasteiger partial charge in [-0.25, -0.2) is 4.98 Å². The van der Waals surface area contributed by atoms with Crippen molar-refractivity contribution < 1.29 is 31.4 Å². The monoisotopic (exact) mass is 751 g/mol. The van der Waals surface area contributed by atoms with Gasteiger partial charge in [-0.15, -0.1) is 65.4 Å². The van der Waals surface area contributed by atoms with Crippen LogP contribution in [0.15, 0.2) is 89.6 Å². The van der Waals surface area contributed by atoms with E-state index in [1.165, 1.54) is 6.20 Å². The number of furan rings is 1. The Morgan fingerprint density at radius 1 is 0.929 bits per heavy atom. The Morgan fingerprint density at radius 2 is 1.79 bits per heavy atom. The standard InChI is InChI=1S/C24H21N2OS.C12H10N.Ir/c1-14-26-21-20(28-14)9-8-17-16-6-5-7-18(22(16)27-23(17)21)19-12-15(10-11-25-19)13-24(2,3)4;1-10-7-8-12(13-9-10)11-5-3-2-4-6-11;/h5-6,8-12H,13H2,1-4H3;2-5,7-9H,1H3;/q2*-1;/i13D2;1D3;. The molecule has 0 amide bonds. The molecule has 0 fully saturated rings. The Kier molecular flexibility index (Phi) is 6.96. The Hall–Kier alpha value is -3.70. The molecule has 7 rings (SSSR count). The smallest absolute Gasteiger partial charge is 0.148 e. The zero-order chi connectivity index (χ0) is 32.9. The van der Waals surface area contributed by atoms with Crippen LogP contribution in [-0.4, -0.2) is 15.0 Å². The van der Waals surface area contributed by atoms with Gasteiger partial charge in [0.15, 0.2) is 0 Å². The number of benzene rings is 3. The molecule has 7 aromatic rings. The molecular weight excluding hydrogens is 715 g/mol. The van der Waals surface area contributed by atoms with Crippen molar-refractivity contribution in [1.29, 1.82) is 0 Å². The molecule has 42 heavy (non-hydrogen) atoms. The van der Waals surface area contributed by atoms with E-state index < -0.39 is 18.6 Å². The number of aromatic nitrogens is 3. The normalized spacial score (nSPS) is 13.8. The fourth-order valence-electron chi connectivity index (χ4n) is 4.67. The first kappa shape index (κ1) is 23.8. The number of rotatable bonds is 3. The van der Waals surface area contributed by atoms with Crippen molar-refractivity contribution in [2.75, 3.05) is 0 Å². The molecule has 0 bridgehead atoms. The van der Waals surface area contributed by atoms with Gasteiger partial charge < -0.3 is 14.4 Å². The zero-order valence-corrected chi connectivity index (χ0v) is 26.8. The van der Waals surface area contributed by atoms with Gasteiger partial charge in [0.25, 0.3) is 0 Å². The molecule has 0 saturated heterocycles. The summed E-state index contributed by atoms with van der Waals surface area (Å²) in [6.07, 6.45) is 1.55. The van der Waals surface area contributed by atoms with Crippen molar-refractivity contribution >= 4 is 43.5 Å². The van der Waals surface area contributed by atoms with Crippen molar-refractivity contribution in [3.63, 3.8) is 0 Å². The SMILES string of the molecule is [2H]C([2H])([2H])c1ccc(-c2[c-]cccc2)nc1.[2H]C([2H])(c1ccnc(-c2[c-]ccc3c2oc2c3ccc3sc(C)nc32)c1)C(C)(C)C.[Ir]. The van der Waals surface area contributed by atoms with Gasteiger partial charge in [0.05, 0.1) is 15.3 Å². The van der Waals surface area contributed by atoms with Gasteiger partial charge in [0.2, 0.25) is 0 Å². The minimum Gasteiger partial charge on any atom is -0.498 e. The minimum absolute atomic E-state index is 0. The fourth-order valence-corrected chi connectivity index (χ4v) is 5.50. The summed E-state index contributed by atoms with van der Waals surface area (Å²) >= 11 is 1.65. The number of thiazole rings is 1. The van der Waals surface area contributed by atoms with E-state index in [-0.39, 0.29) is 25.7 Å². The first-order chi connectivity index (χ1) is 21.7. The summed E-state index contributed by atoms with van der Waals surface area (Å²) < 4.78 is 46.4. The molecule has 1 radical (unpaired) electrons. The third kappa shape index (κ3) is 6.36. The molecule has 0 saturated carbocycles. The van der Waals surface area contributed by atoms with Crippen molar-refractivity contribution in [2.45, 2.75) is 40.9 Å². The van der Waals surface area contributed by atoms with Gasteiger partial charge in [0, 0.05) is 44.7 Å². The second kappa shape index (κ2) is 12.3. The summed E-state index contributed by atoms with van der Waals surface area (Å²) in [6, 6.07) is 28.6. The number of aryl methyl sites for hydroxylation is 2. The third-order valence-corrected chi connectivity index (χ3v) is 7.28. The predicted molar refractivity (Wildman–Crippen MR) is 170 cm³/mol. The maximum absolute atomic E-state index is 8.62. The van der Waals surface area contributed by atoms with Crippen LogP contribution in [-0.2, 0) is 26.5 Å². The Balaban J connectivity index is 0.000000217.